The van der Waals surface area contributed by atoms with Gasteiger partial charge in [0.05, 0.1) is 0 Å². The second-order valence-corrected chi connectivity index (χ2v) is 6.15. The third kappa shape index (κ3) is 4.74. The minimum absolute atomic E-state index is 0.746. The van der Waals surface area contributed by atoms with Crippen LogP contribution in [-0.2, 0) is 0 Å². The van der Waals surface area contributed by atoms with E-state index < -0.39 is 0 Å². The van der Waals surface area contributed by atoms with Crippen molar-refractivity contribution in [3.05, 3.63) is 11.6 Å². The molecular weight excluding hydrogens is 220 g/mol. The van der Waals surface area contributed by atoms with Crippen molar-refractivity contribution in [1.29, 1.82) is 0 Å². The molecule has 2 rings (SSSR count). The number of rotatable bonds is 3. The summed E-state index contributed by atoms with van der Waals surface area (Å²) in [5.41, 5.74) is 7.53. The summed E-state index contributed by atoms with van der Waals surface area (Å²) in [5.74, 6) is 0.746. The van der Waals surface area contributed by atoms with Gasteiger partial charge in [0.2, 0.25) is 0 Å². The molecule has 2 heteroatoms. The molecule has 1 aliphatic carbocycles. The molecule has 0 saturated carbocycles. The summed E-state index contributed by atoms with van der Waals surface area (Å²) in [6, 6.07) is 0. The van der Waals surface area contributed by atoms with Gasteiger partial charge in [-0.2, -0.15) is 0 Å². The molecule has 0 amide bonds. The molecule has 1 heterocycles. The smallest absolute Gasteiger partial charge is 0.0192 e. The number of nitrogens with zero attached hydrogens (tertiary/aromatic N) is 1. The van der Waals surface area contributed by atoms with Crippen LogP contribution in [0.5, 0.6) is 0 Å². The van der Waals surface area contributed by atoms with Crippen LogP contribution in [-0.4, -0.2) is 31.1 Å². The first kappa shape index (κ1) is 14.1. The molecule has 0 aromatic heterocycles. The van der Waals surface area contributed by atoms with Crippen molar-refractivity contribution in [3.8, 4) is 0 Å². The zero-order chi connectivity index (χ0) is 12.6. The van der Waals surface area contributed by atoms with Gasteiger partial charge in [-0.15, -0.1) is 0 Å². The van der Waals surface area contributed by atoms with Crippen molar-refractivity contribution in [3.63, 3.8) is 0 Å². The fourth-order valence-corrected chi connectivity index (χ4v) is 3.35. The quantitative estimate of drug-likeness (QED) is 0.779. The molecule has 18 heavy (non-hydrogen) atoms. The molecular formula is C16H30N2. The molecule has 0 unspecified atom stereocenters. The Morgan fingerprint density at radius 1 is 1.11 bits per heavy atom. The molecule has 0 aromatic carbocycles. The molecule has 2 nitrogen and oxygen atoms in total. The summed E-state index contributed by atoms with van der Waals surface area (Å²) in [6.45, 7) is 4.60. The first-order valence-corrected chi connectivity index (χ1v) is 7.99. The Bertz CT molecular complexity index is 260. The zero-order valence-electron chi connectivity index (χ0n) is 11.9. The van der Waals surface area contributed by atoms with Crippen LogP contribution in [0.25, 0.3) is 0 Å². The monoisotopic (exact) mass is 250 g/mol. The zero-order valence-corrected chi connectivity index (χ0v) is 11.9. The Morgan fingerprint density at radius 3 is 2.83 bits per heavy atom. The van der Waals surface area contributed by atoms with Crippen LogP contribution in [0.1, 0.15) is 57.8 Å². The summed E-state index contributed by atoms with van der Waals surface area (Å²) >= 11 is 0. The van der Waals surface area contributed by atoms with E-state index in [1.54, 1.807) is 5.57 Å². The number of allylic oxidation sites excluding steroid dienone is 1. The lowest BCUT2D eigenvalue weighted by Crippen LogP contribution is -2.39. The maximum Gasteiger partial charge on any atom is 0.0192 e. The van der Waals surface area contributed by atoms with Gasteiger partial charge >= 0.3 is 0 Å². The Kier molecular flexibility index (Phi) is 6.22. The largest absolute Gasteiger partial charge is 0.330 e. The van der Waals surface area contributed by atoms with E-state index in [0.717, 1.165) is 12.5 Å². The maximum atomic E-state index is 5.82. The molecule has 0 bridgehead atoms. The molecule has 1 atom stereocenters. The normalized spacial score (nSPS) is 30.9. The highest BCUT2D eigenvalue weighted by Crippen LogP contribution is 2.21. The minimum Gasteiger partial charge on any atom is -0.330 e. The van der Waals surface area contributed by atoms with Crippen LogP contribution < -0.4 is 5.73 Å². The van der Waals surface area contributed by atoms with Crippen LogP contribution in [0.2, 0.25) is 0 Å². The second kappa shape index (κ2) is 7.96. The third-order valence-corrected chi connectivity index (χ3v) is 4.50. The standard InChI is InChI=1S/C16H30N2/c17-12-16-10-7-11-18(14-16)13-15-8-5-3-1-2-4-6-9-15/h8,16H,1-7,9-14,17H2/b15-8+/t16-/m0/s1. The van der Waals surface area contributed by atoms with E-state index in [1.165, 1.54) is 77.4 Å². The summed E-state index contributed by atoms with van der Waals surface area (Å²) in [4.78, 5) is 2.64. The average molecular weight is 250 g/mol. The minimum atomic E-state index is 0.746. The highest BCUT2D eigenvalue weighted by molar-refractivity contribution is 5.05. The lowest BCUT2D eigenvalue weighted by molar-refractivity contribution is 0.190. The van der Waals surface area contributed by atoms with E-state index in [-0.39, 0.29) is 0 Å². The topological polar surface area (TPSA) is 29.3 Å². The van der Waals surface area contributed by atoms with E-state index in [4.69, 9.17) is 5.73 Å². The molecule has 1 fully saturated rings. The van der Waals surface area contributed by atoms with Gasteiger partial charge in [0.1, 0.15) is 0 Å². The number of hydrogen-bond donors (Lipinski definition) is 1. The number of likely N-dealkylation sites (tertiary alicyclic amines) is 1. The van der Waals surface area contributed by atoms with E-state index in [9.17, 15) is 0 Å². The highest BCUT2D eigenvalue weighted by atomic mass is 15.1. The van der Waals surface area contributed by atoms with E-state index in [2.05, 4.69) is 11.0 Å². The Balaban J connectivity index is 1.82. The lowest BCUT2D eigenvalue weighted by atomic mass is 9.97. The molecule has 2 aliphatic rings. The van der Waals surface area contributed by atoms with Crippen molar-refractivity contribution in [2.24, 2.45) is 11.7 Å². The van der Waals surface area contributed by atoms with Crippen molar-refractivity contribution < 1.29 is 0 Å². The van der Waals surface area contributed by atoms with E-state index in [1.807, 2.05) is 0 Å². The SMILES string of the molecule is NC[C@@H]1CCCN(C/C2=C/CCCCCCC2)C1. The van der Waals surface area contributed by atoms with Crippen molar-refractivity contribution >= 4 is 0 Å². The second-order valence-electron chi connectivity index (χ2n) is 6.15. The fraction of sp³-hybridized carbons (Fsp3) is 0.875. The summed E-state index contributed by atoms with van der Waals surface area (Å²) < 4.78 is 0. The first-order chi connectivity index (χ1) is 8.88. The van der Waals surface area contributed by atoms with Gasteiger partial charge in [-0.3, -0.25) is 4.90 Å². The Morgan fingerprint density at radius 2 is 1.94 bits per heavy atom. The molecule has 104 valence electrons. The van der Waals surface area contributed by atoms with Gasteiger partial charge in [0, 0.05) is 13.1 Å². The number of piperidine rings is 1. The average Bonchev–Trinajstić information content (AvgIpc) is 2.53. The van der Waals surface area contributed by atoms with Gasteiger partial charge in [-0.05, 0) is 57.5 Å². The van der Waals surface area contributed by atoms with Gasteiger partial charge in [-0.1, -0.05) is 30.9 Å². The molecule has 1 aliphatic heterocycles. The van der Waals surface area contributed by atoms with Gasteiger partial charge < -0.3 is 5.73 Å². The summed E-state index contributed by atoms with van der Waals surface area (Å²) in [5, 5.41) is 0. The summed E-state index contributed by atoms with van der Waals surface area (Å²) in [6.07, 6.45) is 15.0. The Hall–Kier alpha value is -0.340. The van der Waals surface area contributed by atoms with Crippen LogP contribution in [0.15, 0.2) is 11.6 Å². The molecule has 0 radical (unpaired) electrons. The predicted molar refractivity (Wildman–Crippen MR) is 78.6 cm³/mol. The third-order valence-electron chi connectivity index (χ3n) is 4.50. The van der Waals surface area contributed by atoms with Crippen molar-refractivity contribution in [1.82, 2.24) is 4.90 Å². The van der Waals surface area contributed by atoms with E-state index in [0.29, 0.717) is 0 Å². The van der Waals surface area contributed by atoms with Crippen molar-refractivity contribution in [2.45, 2.75) is 57.8 Å². The first-order valence-electron chi connectivity index (χ1n) is 7.99. The fourth-order valence-electron chi connectivity index (χ4n) is 3.35. The van der Waals surface area contributed by atoms with Gasteiger partial charge in [0.15, 0.2) is 0 Å². The van der Waals surface area contributed by atoms with Crippen molar-refractivity contribution in [2.75, 3.05) is 26.2 Å². The van der Waals surface area contributed by atoms with Crippen LogP contribution in [0.3, 0.4) is 0 Å². The van der Waals surface area contributed by atoms with Gasteiger partial charge in [-0.25, -0.2) is 0 Å². The van der Waals surface area contributed by atoms with E-state index >= 15 is 0 Å². The maximum absolute atomic E-state index is 5.82. The molecule has 0 spiro atoms. The summed E-state index contributed by atoms with van der Waals surface area (Å²) in [7, 11) is 0. The number of hydrogen-bond acceptors (Lipinski definition) is 2. The van der Waals surface area contributed by atoms with Crippen LogP contribution >= 0.6 is 0 Å². The molecule has 1 saturated heterocycles. The van der Waals surface area contributed by atoms with Gasteiger partial charge in [0.25, 0.3) is 0 Å². The molecule has 2 N–H and O–H groups in total. The number of nitrogens with two attached hydrogens (primary N) is 1. The Labute approximate surface area is 113 Å². The van der Waals surface area contributed by atoms with Crippen LogP contribution in [0, 0.1) is 5.92 Å². The lowest BCUT2D eigenvalue weighted by Gasteiger charge is -2.32. The molecule has 0 aromatic rings. The highest BCUT2D eigenvalue weighted by Gasteiger charge is 2.19. The predicted octanol–water partition coefficient (Wildman–Crippen LogP) is 3.33. The van der Waals surface area contributed by atoms with Crippen LogP contribution in [0.4, 0.5) is 0 Å².